The highest BCUT2D eigenvalue weighted by Gasteiger charge is 2.31. The van der Waals surface area contributed by atoms with E-state index in [0.717, 1.165) is 47.9 Å². The molecule has 0 N–H and O–H groups in total. The summed E-state index contributed by atoms with van der Waals surface area (Å²) in [5.41, 5.74) is 4.20. The smallest absolute Gasteiger partial charge is 0.194 e. The summed E-state index contributed by atoms with van der Waals surface area (Å²) in [7, 11) is -3.03. The van der Waals surface area contributed by atoms with E-state index < -0.39 is 9.84 Å². The van der Waals surface area contributed by atoms with E-state index in [1.54, 1.807) is 13.8 Å². The van der Waals surface area contributed by atoms with Crippen LogP contribution in [-0.2, 0) is 21.1 Å². The zero-order chi connectivity index (χ0) is 21.5. The van der Waals surface area contributed by atoms with Crippen molar-refractivity contribution in [2.75, 3.05) is 5.75 Å². The summed E-state index contributed by atoms with van der Waals surface area (Å²) in [5.74, 6) is 0.616. The van der Waals surface area contributed by atoms with E-state index in [0.29, 0.717) is 12.0 Å². The lowest BCUT2D eigenvalue weighted by molar-refractivity contribution is -0.123. The van der Waals surface area contributed by atoms with Crippen molar-refractivity contribution < 1.29 is 18.0 Å². The van der Waals surface area contributed by atoms with Crippen LogP contribution in [0.2, 0.25) is 0 Å². The van der Waals surface area contributed by atoms with Gasteiger partial charge in [-0.2, -0.15) is 0 Å². The molecule has 2 aromatic rings. The van der Waals surface area contributed by atoms with Crippen molar-refractivity contribution in [3.05, 3.63) is 59.2 Å². The molecule has 0 aliphatic heterocycles. The molecule has 2 aromatic carbocycles. The predicted octanol–water partition coefficient (Wildman–Crippen LogP) is 4.64. The first-order chi connectivity index (χ1) is 14.3. The maximum atomic E-state index is 12.9. The standard InChI is InChI=1S/C25H28O4S/c1-16(2)30(28,29)15-17-7-10-19(11-8-17)24(26)14-18-9-12-21-20-5-3-4-6-22(20)25(27)23(21)13-18/h3-6,9,12-13,16-17,19H,7-8,10-11,14-15H2,1-2H3. The van der Waals surface area contributed by atoms with Crippen molar-refractivity contribution in [2.45, 2.75) is 51.2 Å². The molecule has 0 saturated heterocycles. The Kier molecular flexibility index (Phi) is 5.67. The fraction of sp³-hybridized carbons (Fsp3) is 0.440. The number of benzene rings is 2. The minimum atomic E-state index is -3.03. The van der Waals surface area contributed by atoms with E-state index in [4.69, 9.17) is 0 Å². The molecule has 0 radical (unpaired) electrons. The van der Waals surface area contributed by atoms with Gasteiger partial charge in [0, 0.05) is 23.5 Å². The van der Waals surface area contributed by atoms with E-state index >= 15 is 0 Å². The monoisotopic (exact) mass is 424 g/mol. The van der Waals surface area contributed by atoms with Gasteiger partial charge >= 0.3 is 0 Å². The topological polar surface area (TPSA) is 68.3 Å². The Balaban J connectivity index is 1.39. The highest BCUT2D eigenvalue weighted by atomic mass is 32.2. The second-order valence-electron chi connectivity index (χ2n) is 8.99. The third-order valence-corrected chi connectivity index (χ3v) is 9.03. The van der Waals surface area contributed by atoms with Crippen LogP contribution in [0.15, 0.2) is 42.5 Å². The largest absolute Gasteiger partial charge is 0.299 e. The summed E-state index contributed by atoms with van der Waals surface area (Å²) in [6, 6.07) is 13.4. The molecule has 0 heterocycles. The van der Waals surface area contributed by atoms with Crippen LogP contribution in [0, 0.1) is 11.8 Å². The Bertz CT molecular complexity index is 1090. The maximum absolute atomic E-state index is 12.9. The fourth-order valence-electron chi connectivity index (χ4n) is 4.70. The van der Waals surface area contributed by atoms with Crippen molar-refractivity contribution in [2.24, 2.45) is 11.8 Å². The summed E-state index contributed by atoms with van der Waals surface area (Å²) < 4.78 is 24.3. The summed E-state index contributed by atoms with van der Waals surface area (Å²) in [5, 5.41) is -0.342. The number of rotatable bonds is 6. The molecular weight excluding hydrogens is 396 g/mol. The minimum absolute atomic E-state index is 0.0100. The number of carbonyl (C=O) groups excluding carboxylic acids is 2. The molecule has 158 valence electrons. The van der Waals surface area contributed by atoms with Gasteiger partial charge in [0.15, 0.2) is 15.6 Å². The minimum Gasteiger partial charge on any atom is -0.299 e. The Morgan fingerprint density at radius 1 is 0.933 bits per heavy atom. The number of ketones is 2. The highest BCUT2D eigenvalue weighted by Crippen LogP contribution is 2.37. The molecule has 5 heteroatoms. The molecule has 1 saturated carbocycles. The van der Waals surface area contributed by atoms with Gasteiger partial charge in [0.2, 0.25) is 0 Å². The molecule has 4 rings (SSSR count). The number of hydrogen-bond donors (Lipinski definition) is 0. The molecule has 2 aliphatic carbocycles. The van der Waals surface area contributed by atoms with Crippen LogP contribution in [0.3, 0.4) is 0 Å². The molecule has 0 amide bonds. The predicted molar refractivity (Wildman–Crippen MR) is 118 cm³/mol. The number of Topliss-reactive ketones (excluding diaryl/α,β-unsaturated/α-hetero) is 1. The fourth-order valence-corrected chi connectivity index (χ4v) is 6.08. The first-order valence-electron chi connectivity index (χ1n) is 10.8. The van der Waals surface area contributed by atoms with Crippen LogP contribution in [-0.4, -0.2) is 31.0 Å². The van der Waals surface area contributed by atoms with Gasteiger partial charge in [-0.15, -0.1) is 0 Å². The lowest BCUT2D eigenvalue weighted by Crippen LogP contribution is -2.29. The zero-order valence-electron chi connectivity index (χ0n) is 17.6. The Hall–Kier alpha value is -2.27. The zero-order valence-corrected chi connectivity index (χ0v) is 18.4. The maximum Gasteiger partial charge on any atom is 0.194 e. The Morgan fingerprint density at radius 3 is 2.23 bits per heavy atom. The van der Waals surface area contributed by atoms with Crippen LogP contribution in [0.4, 0.5) is 0 Å². The van der Waals surface area contributed by atoms with E-state index in [-0.39, 0.29) is 34.4 Å². The number of carbonyl (C=O) groups is 2. The van der Waals surface area contributed by atoms with Crippen LogP contribution < -0.4 is 0 Å². The molecule has 0 atom stereocenters. The molecule has 4 nitrogen and oxygen atoms in total. The van der Waals surface area contributed by atoms with Crippen molar-refractivity contribution in [3.63, 3.8) is 0 Å². The third-order valence-electron chi connectivity index (χ3n) is 6.66. The quantitative estimate of drug-likeness (QED) is 0.578. The van der Waals surface area contributed by atoms with Gasteiger partial charge in [0.1, 0.15) is 5.78 Å². The van der Waals surface area contributed by atoms with Crippen molar-refractivity contribution in [1.29, 1.82) is 0 Å². The molecule has 30 heavy (non-hydrogen) atoms. The normalized spacial score (nSPS) is 20.8. The summed E-state index contributed by atoms with van der Waals surface area (Å²) in [6.07, 6.45) is 3.43. The Labute approximate surface area is 178 Å². The second-order valence-corrected chi connectivity index (χ2v) is 11.6. The molecule has 0 unspecified atom stereocenters. The lowest BCUT2D eigenvalue weighted by atomic mass is 9.79. The SMILES string of the molecule is CC(C)S(=O)(=O)CC1CCC(C(=O)Cc2ccc3c(c2)C(=O)c2ccccc2-3)CC1. The Morgan fingerprint density at radius 2 is 1.57 bits per heavy atom. The second kappa shape index (κ2) is 8.10. The molecule has 0 spiro atoms. The van der Waals surface area contributed by atoms with Gasteiger partial charge in [-0.25, -0.2) is 8.42 Å². The number of sulfone groups is 1. The van der Waals surface area contributed by atoms with Crippen molar-refractivity contribution in [1.82, 2.24) is 0 Å². The number of hydrogen-bond acceptors (Lipinski definition) is 4. The van der Waals surface area contributed by atoms with Gasteiger partial charge in [-0.1, -0.05) is 36.4 Å². The van der Waals surface area contributed by atoms with E-state index in [9.17, 15) is 18.0 Å². The molecule has 1 fully saturated rings. The molecular formula is C25H28O4S. The van der Waals surface area contributed by atoms with E-state index in [1.165, 1.54) is 0 Å². The van der Waals surface area contributed by atoms with Crippen LogP contribution in [0.5, 0.6) is 0 Å². The first kappa shape index (κ1) is 21.0. The first-order valence-corrected chi connectivity index (χ1v) is 12.5. The van der Waals surface area contributed by atoms with Gasteiger partial charge in [-0.3, -0.25) is 9.59 Å². The van der Waals surface area contributed by atoms with E-state index in [1.807, 2.05) is 42.5 Å². The average Bonchev–Trinajstić information content (AvgIpc) is 3.00. The lowest BCUT2D eigenvalue weighted by Gasteiger charge is -2.28. The molecule has 0 bridgehead atoms. The van der Waals surface area contributed by atoms with Gasteiger partial charge in [0.25, 0.3) is 0 Å². The summed E-state index contributed by atoms with van der Waals surface area (Å²) in [6.45, 7) is 3.45. The van der Waals surface area contributed by atoms with Crippen LogP contribution >= 0.6 is 0 Å². The van der Waals surface area contributed by atoms with Gasteiger partial charge < -0.3 is 0 Å². The van der Waals surface area contributed by atoms with Gasteiger partial charge in [0.05, 0.1) is 11.0 Å². The third kappa shape index (κ3) is 4.00. The highest BCUT2D eigenvalue weighted by molar-refractivity contribution is 7.91. The van der Waals surface area contributed by atoms with Gasteiger partial charge in [-0.05, 0) is 68.2 Å². The molecule has 0 aromatic heterocycles. The van der Waals surface area contributed by atoms with Crippen LogP contribution in [0.1, 0.15) is 61.0 Å². The average molecular weight is 425 g/mol. The van der Waals surface area contributed by atoms with Crippen molar-refractivity contribution >= 4 is 21.4 Å². The summed E-state index contributed by atoms with van der Waals surface area (Å²) in [4.78, 5) is 25.6. The summed E-state index contributed by atoms with van der Waals surface area (Å²) >= 11 is 0. The van der Waals surface area contributed by atoms with E-state index in [2.05, 4.69) is 0 Å². The van der Waals surface area contributed by atoms with Crippen LogP contribution in [0.25, 0.3) is 11.1 Å². The van der Waals surface area contributed by atoms with Crippen molar-refractivity contribution in [3.8, 4) is 11.1 Å². The number of fused-ring (bicyclic) bond motifs is 3. The molecule has 2 aliphatic rings.